The molecule has 1 amide bonds. The maximum absolute atomic E-state index is 12.7. The zero-order chi connectivity index (χ0) is 15.9. The molecule has 0 aromatic carbocycles. The molecule has 2 aromatic rings. The van der Waals surface area contributed by atoms with Gasteiger partial charge >= 0.3 is 0 Å². The number of pyridine rings is 1. The third-order valence-corrected chi connectivity index (χ3v) is 3.62. The summed E-state index contributed by atoms with van der Waals surface area (Å²) in [7, 11) is 1.60. The van der Waals surface area contributed by atoms with Crippen molar-refractivity contribution in [1.29, 1.82) is 0 Å². The number of hydrogen-bond acceptors (Lipinski definition) is 4. The average Bonchev–Trinajstić information content (AvgIpc) is 3.01. The first kappa shape index (κ1) is 16.2. The van der Waals surface area contributed by atoms with E-state index in [1.165, 1.54) is 0 Å². The first-order valence-corrected chi connectivity index (χ1v) is 7.43. The van der Waals surface area contributed by atoms with Gasteiger partial charge < -0.3 is 14.1 Å². The molecule has 0 aliphatic rings. The van der Waals surface area contributed by atoms with Gasteiger partial charge in [-0.3, -0.25) is 9.78 Å². The first-order valence-electron chi connectivity index (χ1n) is 7.43. The van der Waals surface area contributed by atoms with Crippen LogP contribution >= 0.6 is 0 Å². The quantitative estimate of drug-likeness (QED) is 0.787. The van der Waals surface area contributed by atoms with Crippen molar-refractivity contribution in [2.24, 2.45) is 0 Å². The zero-order valence-corrected chi connectivity index (χ0v) is 13.3. The second kappa shape index (κ2) is 7.75. The molecule has 22 heavy (non-hydrogen) atoms. The monoisotopic (exact) mass is 302 g/mol. The molecule has 118 valence electrons. The first-order chi connectivity index (χ1) is 10.7. The Morgan fingerprint density at radius 3 is 2.86 bits per heavy atom. The number of rotatable bonds is 7. The molecule has 0 fully saturated rings. The van der Waals surface area contributed by atoms with Crippen molar-refractivity contribution in [2.45, 2.75) is 39.5 Å². The summed E-state index contributed by atoms with van der Waals surface area (Å²) in [5.74, 6) is 0.883. The van der Waals surface area contributed by atoms with Crippen molar-refractivity contribution in [1.82, 2.24) is 9.88 Å². The molecule has 0 aliphatic carbocycles. The van der Waals surface area contributed by atoms with Crippen LogP contribution in [-0.2, 0) is 17.9 Å². The Kier molecular flexibility index (Phi) is 5.72. The van der Waals surface area contributed by atoms with Crippen molar-refractivity contribution in [2.75, 3.05) is 7.11 Å². The number of furan rings is 1. The van der Waals surface area contributed by atoms with E-state index in [0.29, 0.717) is 24.7 Å². The van der Waals surface area contributed by atoms with E-state index < -0.39 is 0 Å². The van der Waals surface area contributed by atoms with E-state index >= 15 is 0 Å². The Morgan fingerprint density at radius 1 is 1.41 bits per heavy atom. The van der Waals surface area contributed by atoms with Crippen LogP contribution in [0.15, 0.2) is 41.1 Å². The highest BCUT2D eigenvalue weighted by atomic mass is 16.5. The Hall–Kier alpha value is -2.14. The third-order valence-electron chi connectivity index (χ3n) is 3.62. The highest BCUT2D eigenvalue weighted by Crippen LogP contribution is 2.17. The van der Waals surface area contributed by atoms with Gasteiger partial charge in [-0.05, 0) is 37.1 Å². The second-order valence-corrected chi connectivity index (χ2v) is 5.25. The summed E-state index contributed by atoms with van der Waals surface area (Å²) in [6.07, 6.45) is 4.38. The number of ether oxygens (including phenoxy) is 1. The maximum Gasteiger partial charge on any atom is 0.290 e. The van der Waals surface area contributed by atoms with E-state index in [-0.39, 0.29) is 11.9 Å². The zero-order valence-electron chi connectivity index (χ0n) is 13.3. The van der Waals surface area contributed by atoms with E-state index in [4.69, 9.17) is 9.15 Å². The number of methoxy groups -OCH3 is 1. The lowest BCUT2D eigenvalue weighted by atomic mass is 10.1. The molecule has 0 saturated heterocycles. The molecule has 0 saturated carbocycles. The summed E-state index contributed by atoms with van der Waals surface area (Å²) in [5.41, 5.74) is 1.000. The largest absolute Gasteiger partial charge is 0.453 e. The number of aromatic nitrogens is 1. The Morgan fingerprint density at radius 2 is 2.23 bits per heavy atom. The van der Waals surface area contributed by atoms with Gasteiger partial charge in [0, 0.05) is 32.1 Å². The van der Waals surface area contributed by atoms with Gasteiger partial charge in [-0.15, -0.1) is 0 Å². The van der Waals surface area contributed by atoms with Crippen molar-refractivity contribution in [3.8, 4) is 0 Å². The molecule has 0 N–H and O–H groups in total. The second-order valence-electron chi connectivity index (χ2n) is 5.25. The lowest BCUT2D eigenvalue weighted by molar-refractivity contribution is 0.0631. The molecule has 0 aliphatic heterocycles. The summed E-state index contributed by atoms with van der Waals surface area (Å²) in [6, 6.07) is 7.43. The molecule has 5 heteroatoms. The van der Waals surface area contributed by atoms with Gasteiger partial charge in [0.1, 0.15) is 12.4 Å². The standard InChI is InChI=1S/C17H22N2O3/c1-4-13(2)19(11-14-6-5-9-18-10-14)17(20)16-8-7-15(22-16)12-21-3/h5-10,13H,4,11-12H2,1-3H3/t13-/m0/s1. The van der Waals surface area contributed by atoms with Crippen LogP contribution in [0, 0.1) is 0 Å². The molecular formula is C17H22N2O3. The number of amides is 1. The molecule has 2 aromatic heterocycles. The Bertz CT molecular complexity index is 595. The Balaban J connectivity index is 2.18. The number of carbonyl (C=O) groups excluding carboxylic acids is 1. The van der Waals surface area contributed by atoms with Gasteiger partial charge in [0.2, 0.25) is 0 Å². The smallest absolute Gasteiger partial charge is 0.290 e. The molecule has 0 unspecified atom stereocenters. The van der Waals surface area contributed by atoms with E-state index in [1.54, 1.807) is 31.6 Å². The molecule has 2 heterocycles. The molecule has 1 atom stereocenters. The van der Waals surface area contributed by atoms with Crippen molar-refractivity contribution < 1.29 is 13.9 Å². The fraction of sp³-hybridized carbons (Fsp3) is 0.412. The van der Waals surface area contributed by atoms with Crippen LogP contribution in [0.4, 0.5) is 0 Å². The molecule has 0 bridgehead atoms. The van der Waals surface area contributed by atoms with E-state index in [0.717, 1.165) is 12.0 Å². The van der Waals surface area contributed by atoms with Crippen molar-refractivity contribution in [3.63, 3.8) is 0 Å². The number of nitrogens with zero attached hydrogens (tertiary/aromatic N) is 2. The fourth-order valence-electron chi connectivity index (χ4n) is 2.19. The van der Waals surface area contributed by atoms with E-state index in [1.807, 2.05) is 24.0 Å². The van der Waals surface area contributed by atoms with Gasteiger partial charge in [-0.1, -0.05) is 13.0 Å². The van der Waals surface area contributed by atoms with Gasteiger partial charge in [-0.25, -0.2) is 0 Å². The summed E-state index contributed by atoms with van der Waals surface area (Å²) in [4.78, 5) is 18.7. The minimum Gasteiger partial charge on any atom is -0.453 e. The predicted molar refractivity (Wildman–Crippen MR) is 83.3 cm³/mol. The van der Waals surface area contributed by atoms with Crippen LogP contribution in [0.25, 0.3) is 0 Å². The number of carbonyl (C=O) groups is 1. The summed E-state index contributed by atoms with van der Waals surface area (Å²) in [6.45, 7) is 4.97. The van der Waals surface area contributed by atoms with E-state index in [2.05, 4.69) is 11.9 Å². The number of hydrogen-bond donors (Lipinski definition) is 0. The van der Waals surface area contributed by atoms with Gasteiger partial charge in [0.25, 0.3) is 5.91 Å². The molecular weight excluding hydrogens is 280 g/mol. The SMILES string of the molecule is CC[C@H](C)N(Cc1cccnc1)C(=O)c1ccc(COC)o1. The minimum absolute atomic E-state index is 0.111. The van der Waals surface area contributed by atoms with Crippen LogP contribution in [0.2, 0.25) is 0 Å². The minimum atomic E-state index is -0.111. The molecule has 2 rings (SSSR count). The van der Waals surface area contributed by atoms with Gasteiger partial charge in [0.15, 0.2) is 5.76 Å². The molecule has 0 spiro atoms. The van der Waals surface area contributed by atoms with Crippen LogP contribution in [-0.4, -0.2) is 28.9 Å². The Labute approximate surface area is 130 Å². The lowest BCUT2D eigenvalue weighted by Crippen LogP contribution is -2.37. The van der Waals surface area contributed by atoms with Crippen molar-refractivity contribution >= 4 is 5.91 Å². The predicted octanol–water partition coefficient (Wildman–Crippen LogP) is 3.26. The lowest BCUT2D eigenvalue weighted by Gasteiger charge is -2.27. The van der Waals surface area contributed by atoms with Gasteiger partial charge in [0.05, 0.1) is 0 Å². The fourth-order valence-corrected chi connectivity index (χ4v) is 2.19. The highest BCUT2D eigenvalue weighted by Gasteiger charge is 2.23. The van der Waals surface area contributed by atoms with Crippen LogP contribution in [0.1, 0.15) is 42.1 Å². The third kappa shape index (κ3) is 3.95. The topological polar surface area (TPSA) is 55.6 Å². The van der Waals surface area contributed by atoms with Crippen LogP contribution < -0.4 is 0 Å². The van der Waals surface area contributed by atoms with Gasteiger partial charge in [-0.2, -0.15) is 0 Å². The van der Waals surface area contributed by atoms with Crippen LogP contribution in [0.3, 0.4) is 0 Å². The summed E-state index contributed by atoms with van der Waals surface area (Å²) in [5, 5.41) is 0. The molecule has 0 radical (unpaired) electrons. The summed E-state index contributed by atoms with van der Waals surface area (Å²) >= 11 is 0. The summed E-state index contributed by atoms with van der Waals surface area (Å²) < 4.78 is 10.6. The molecule has 5 nitrogen and oxygen atoms in total. The normalized spacial score (nSPS) is 12.1. The highest BCUT2D eigenvalue weighted by molar-refractivity contribution is 5.91. The van der Waals surface area contributed by atoms with Crippen molar-refractivity contribution in [3.05, 3.63) is 53.7 Å². The average molecular weight is 302 g/mol. The van der Waals surface area contributed by atoms with E-state index in [9.17, 15) is 4.79 Å². The van der Waals surface area contributed by atoms with Crippen LogP contribution in [0.5, 0.6) is 0 Å². The maximum atomic E-state index is 12.7.